The molecule has 11 aromatic rings. The van der Waals surface area contributed by atoms with Crippen molar-refractivity contribution in [2.24, 2.45) is 0 Å². The van der Waals surface area contributed by atoms with Crippen LogP contribution in [0.25, 0.3) is 108 Å². The first-order valence-electron chi connectivity index (χ1n) is 17.4. The zero-order chi connectivity index (χ0) is 34.9. The number of rotatable bonds is 5. The molecule has 0 bridgehead atoms. The fourth-order valence-electron chi connectivity index (χ4n) is 7.33. The molecular weight excluding hydrogens is 689 g/mol. The number of para-hydroxylation sites is 2. The fourth-order valence-corrected chi connectivity index (χ4v) is 9.73. The second kappa shape index (κ2) is 12.0. The van der Waals surface area contributed by atoms with Gasteiger partial charge in [0.05, 0.1) is 0 Å². The van der Waals surface area contributed by atoms with E-state index in [1.165, 1.54) is 25.7 Å². The third-order valence-corrected chi connectivity index (χ3v) is 12.2. The number of nitrogens with zero attached hydrogens (tertiary/aromatic N) is 4. The molecule has 0 saturated carbocycles. The van der Waals surface area contributed by atoms with Crippen LogP contribution in [-0.4, -0.2) is 19.9 Å². The van der Waals surface area contributed by atoms with Gasteiger partial charge in [-0.15, -0.1) is 22.7 Å². The molecule has 0 radical (unpaired) electrons. The van der Waals surface area contributed by atoms with Crippen LogP contribution in [-0.2, 0) is 0 Å². The van der Waals surface area contributed by atoms with Crippen molar-refractivity contribution in [2.45, 2.75) is 0 Å². The van der Waals surface area contributed by atoms with E-state index in [9.17, 15) is 0 Å². The Morgan fingerprint density at radius 2 is 0.962 bits per heavy atom. The molecule has 0 aliphatic carbocycles. The van der Waals surface area contributed by atoms with Gasteiger partial charge in [0.1, 0.15) is 5.52 Å². The summed E-state index contributed by atoms with van der Waals surface area (Å²) in [5, 5.41) is 4.74. The molecule has 11 rings (SSSR count). The Hall–Kier alpha value is -6.54. The Morgan fingerprint density at radius 3 is 1.77 bits per heavy atom. The summed E-state index contributed by atoms with van der Waals surface area (Å²) in [6, 6.07) is 54.5. The smallest absolute Gasteiger partial charge is 0.227 e. The maximum Gasteiger partial charge on any atom is 0.227 e. The summed E-state index contributed by atoms with van der Waals surface area (Å²) in [7, 11) is 0. The standard InChI is InChI=1S/C46H26N4OS2/c1-2-11-28(12-3-1)43-48-44(29-25-23-27(24-26-29)30-14-8-15-32-31-13-4-7-20-37(31)53-42(30)32)50-45(49-43)33-16-9-21-38-40(33)41-34(17-10-22-39(41)52-38)46-47-35-18-5-6-19-36(35)51-46/h1-26H. The summed E-state index contributed by atoms with van der Waals surface area (Å²) in [6.07, 6.45) is 0. The highest BCUT2D eigenvalue weighted by Crippen LogP contribution is 2.45. The minimum Gasteiger partial charge on any atom is -0.436 e. The Morgan fingerprint density at radius 1 is 0.377 bits per heavy atom. The van der Waals surface area contributed by atoms with Gasteiger partial charge in [-0.1, -0.05) is 121 Å². The summed E-state index contributed by atoms with van der Waals surface area (Å²) >= 11 is 3.59. The van der Waals surface area contributed by atoms with Gasteiger partial charge in [0.15, 0.2) is 23.1 Å². The van der Waals surface area contributed by atoms with Crippen LogP contribution in [0.3, 0.4) is 0 Å². The van der Waals surface area contributed by atoms with Crippen LogP contribution < -0.4 is 0 Å². The molecule has 0 atom stereocenters. The van der Waals surface area contributed by atoms with Crippen LogP contribution in [0.2, 0.25) is 0 Å². The van der Waals surface area contributed by atoms with Crippen molar-refractivity contribution in [3.8, 4) is 56.7 Å². The molecule has 5 nitrogen and oxygen atoms in total. The Kier molecular flexibility index (Phi) is 6.83. The molecule has 0 aliphatic rings. The Labute approximate surface area is 311 Å². The number of fused-ring (bicyclic) bond motifs is 7. The minimum absolute atomic E-state index is 0.596. The van der Waals surface area contributed by atoms with Gasteiger partial charge in [0.2, 0.25) is 5.89 Å². The lowest BCUT2D eigenvalue weighted by molar-refractivity contribution is 0.620. The number of aromatic nitrogens is 4. The highest BCUT2D eigenvalue weighted by molar-refractivity contribution is 7.26. The lowest BCUT2D eigenvalue weighted by Gasteiger charge is -2.11. The predicted molar refractivity (Wildman–Crippen MR) is 220 cm³/mol. The summed E-state index contributed by atoms with van der Waals surface area (Å²) in [5.41, 5.74) is 7.71. The van der Waals surface area contributed by atoms with Gasteiger partial charge in [-0.3, -0.25) is 0 Å². The van der Waals surface area contributed by atoms with E-state index in [0.717, 1.165) is 59.1 Å². The summed E-state index contributed by atoms with van der Waals surface area (Å²) in [5.74, 6) is 2.46. The van der Waals surface area contributed by atoms with Crippen LogP contribution in [0.5, 0.6) is 0 Å². The molecule has 7 aromatic carbocycles. The highest BCUT2D eigenvalue weighted by Gasteiger charge is 2.21. The van der Waals surface area contributed by atoms with Gasteiger partial charge in [0.25, 0.3) is 0 Å². The third kappa shape index (κ3) is 4.97. The quantitative estimate of drug-likeness (QED) is 0.178. The molecule has 0 unspecified atom stereocenters. The molecule has 4 aromatic heterocycles. The zero-order valence-corrected chi connectivity index (χ0v) is 29.7. The second-order valence-electron chi connectivity index (χ2n) is 13.0. The monoisotopic (exact) mass is 714 g/mol. The number of benzene rings is 7. The molecule has 0 N–H and O–H groups in total. The Balaban J connectivity index is 1.09. The third-order valence-electron chi connectivity index (χ3n) is 9.81. The first-order valence-corrected chi connectivity index (χ1v) is 19.0. The number of thiophene rings is 2. The maximum absolute atomic E-state index is 6.31. The predicted octanol–water partition coefficient (Wildman–Crippen LogP) is 13.1. The van der Waals surface area contributed by atoms with Gasteiger partial charge >= 0.3 is 0 Å². The molecule has 4 heterocycles. The lowest BCUT2D eigenvalue weighted by Crippen LogP contribution is -2.00. The molecule has 0 amide bonds. The van der Waals surface area contributed by atoms with E-state index in [2.05, 4.69) is 103 Å². The van der Waals surface area contributed by atoms with E-state index in [1.807, 2.05) is 65.9 Å². The lowest BCUT2D eigenvalue weighted by atomic mass is 10.0. The molecule has 0 saturated heterocycles. The van der Waals surface area contributed by atoms with Crippen LogP contribution in [0.4, 0.5) is 0 Å². The SMILES string of the molecule is c1ccc(-c2nc(-c3ccc(-c4cccc5c4sc4ccccc45)cc3)nc(-c3cccc4sc5cccc(-c6nc7ccccc7o6)c5c34)n2)cc1. The topological polar surface area (TPSA) is 64.7 Å². The molecule has 0 spiro atoms. The van der Waals surface area contributed by atoms with E-state index in [4.69, 9.17) is 24.4 Å². The van der Waals surface area contributed by atoms with Crippen molar-refractivity contribution in [3.05, 3.63) is 158 Å². The van der Waals surface area contributed by atoms with E-state index in [1.54, 1.807) is 11.3 Å². The average Bonchev–Trinajstić information content (AvgIpc) is 3.94. The average molecular weight is 715 g/mol. The number of oxazole rings is 1. The van der Waals surface area contributed by atoms with Gasteiger partial charge in [-0.05, 0) is 47.5 Å². The van der Waals surface area contributed by atoms with Gasteiger partial charge in [-0.25, -0.2) is 19.9 Å². The molecule has 53 heavy (non-hydrogen) atoms. The van der Waals surface area contributed by atoms with Crippen molar-refractivity contribution in [2.75, 3.05) is 0 Å². The Bertz CT molecular complexity index is 3150. The van der Waals surface area contributed by atoms with E-state index in [0.29, 0.717) is 23.4 Å². The van der Waals surface area contributed by atoms with Crippen molar-refractivity contribution < 1.29 is 4.42 Å². The van der Waals surface area contributed by atoms with E-state index in [-0.39, 0.29) is 0 Å². The molecular formula is C46H26N4OS2. The number of hydrogen-bond donors (Lipinski definition) is 0. The minimum atomic E-state index is 0.596. The van der Waals surface area contributed by atoms with Crippen LogP contribution in [0.15, 0.2) is 162 Å². The first-order chi connectivity index (χ1) is 26.2. The zero-order valence-electron chi connectivity index (χ0n) is 28.0. The van der Waals surface area contributed by atoms with Gasteiger partial charge < -0.3 is 4.42 Å². The summed E-state index contributed by atoms with van der Waals surface area (Å²) < 4.78 is 11.2. The van der Waals surface area contributed by atoms with Crippen molar-refractivity contribution in [3.63, 3.8) is 0 Å². The number of hydrogen-bond acceptors (Lipinski definition) is 7. The maximum atomic E-state index is 6.31. The molecule has 0 fully saturated rings. The highest BCUT2D eigenvalue weighted by atomic mass is 32.1. The molecule has 0 aliphatic heterocycles. The van der Waals surface area contributed by atoms with Crippen LogP contribution in [0.1, 0.15) is 0 Å². The van der Waals surface area contributed by atoms with Crippen molar-refractivity contribution in [1.82, 2.24) is 19.9 Å². The fraction of sp³-hybridized carbons (Fsp3) is 0. The normalized spacial score (nSPS) is 11.8. The van der Waals surface area contributed by atoms with Gasteiger partial charge in [0, 0.05) is 62.6 Å². The molecule has 7 heteroatoms. The molecule has 248 valence electrons. The van der Waals surface area contributed by atoms with Crippen LogP contribution >= 0.6 is 22.7 Å². The second-order valence-corrected chi connectivity index (χ2v) is 15.1. The van der Waals surface area contributed by atoms with Crippen molar-refractivity contribution in [1.29, 1.82) is 0 Å². The van der Waals surface area contributed by atoms with E-state index >= 15 is 0 Å². The first kappa shape index (κ1) is 30.1. The van der Waals surface area contributed by atoms with E-state index < -0.39 is 0 Å². The summed E-state index contributed by atoms with van der Waals surface area (Å²) in [6.45, 7) is 0. The largest absolute Gasteiger partial charge is 0.436 e. The van der Waals surface area contributed by atoms with Gasteiger partial charge in [-0.2, -0.15) is 0 Å². The van der Waals surface area contributed by atoms with Crippen molar-refractivity contribution >= 4 is 74.1 Å². The van der Waals surface area contributed by atoms with Crippen LogP contribution in [0, 0.1) is 0 Å². The summed E-state index contributed by atoms with van der Waals surface area (Å²) in [4.78, 5) is 20.3.